The van der Waals surface area contributed by atoms with Crippen LogP contribution < -0.4 is 5.32 Å². The van der Waals surface area contributed by atoms with Gasteiger partial charge < -0.3 is 5.32 Å². The Morgan fingerprint density at radius 3 is 2.40 bits per heavy atom. The Labute approximate surface area is 129 Å². The fourth-order valence-corrected chi connectivity index (χ4v) is 3.80. The van der Waals surface area contributed by atoms with E-state index in [1.54, 1.807) is 0 Å². The smallest absolute Gasteiger partial charge is 0.0900 e. The highest BCUT2D eigenvalue weighted by molar-refractivity contribution is 7.11. The molecule has 1 N–H and O–H groups in total. The molecule has 116 valence electrons. The highest BCUT2D eigenvalue weighted by Gasteiger charge is 2.20. The Balaban J connectivity index is 2.75. The van der Waals surface area contributed by atoms with E-state index in [9.17, 15) is 0 Å². The molecule has 2 unspecified atom stereocenters. The second-order valence-electron chi connectivity index (χ2n) is 5.84. The van der Waals surface area contributed by atoms with Gasteiger partial charge in [-0.15, -0.1) is 11.3 Å². The molecule has 0 spiro atoms. The topological polar surface area (TPSA) is 24.9 Å². The van der Waals surface area contributed by atoms with E-state index >= 15 is 0 Å². The maximum absolute atomic E-state index is 4.61. The minimum absolute atomic E-state index is 0.503. The molecule has 0 fully saturated rings. The van der Waals surface area contributed by atoms with Gasteiger partial charge in [0, 0.05) is 10.9 Å². The Morgan fingerprint density at radius 1 is 1.15 bits per heavy atom. The van der Waals surface area contributed by atoms with Crippen molar-refractivity contribution in [2.75, 3.05) is 6.54 Å². The van der Waals surface area contributed by atoms with Crippen molar-refractivity contribution >= 4 is 11.3 Å². The fraction of sp³-hybridized carbons (Fsp3) is 0.824. The van der Waals surface area contributed by atoms with E-state index in [0.29, 0.717) is 6.04 Å². The van der Waals surface area contributed by atoms with Gasteiger partial charge in [-0.05, 0) is 39.2 Å². The fourth-order valence-electron chi connectivity index (χ4n) is 2.79. The third-order valence-corrected chi connectivity index (χ3v) is 5.20. The van der Waals surface area contributed by atoms with Crippen LogP contribution in [0.4, 0.5) is 0 Å². The molecule has 0 bridgehead atoms. The largest absolute Gasteiger partial charge is 0.309 e. The summed E-state index contributed by atoms with van der Waals surface area (Å²) in [5, 5.41) is 4.95. The zero-order chi connectivity index (χ0) is 15.0. The van der Waals surface area contributed by atoms with E-state index < -0.39 is 0 Å². The van der Waals surface area contributed by atoms with Crippen molar-refractivity contribution in [1.82, 2.24) is 10.3 Å². The number of thiazole rings is 1. The molecular formula is C17H32N2S. The Morgan fingerprint density at radius 2 is 1.90 bits per heavy atom. The maximum Gasteiger partial charge on any atom is 0.0900 e. The first kappa shape index (κ1) is 17.6. The van der Waals surface area contributed by atoms with Crippen molar-refractivity contribution in [2.24, 2.45) is 5.92 Å². The van der Waals surface area contributed by atoms with Crippen LogP contribution in [0.3, 0.4) is 0 Å². The minimum atomic E-state index is 0.503. The van der Waals surface area contributed by atoms with Gasteiger partial charge in [0.1, 0.15) is 0 Å². The number of hydrogen-bond acceptors (Lipinski definition) is 3. The van der Waals surface area contributed by atoms with E-state index in [-0.39, 0.29) is 0 Å². The average molecular weight is 297 g/mol. The van der Waals surface area contributed by atoms with Crippen molar-refractivity contribution in [1.29, 1.82) is 0 Å². The van der Waals surface area contributed by atoms with E-state index in [2.05, 4.69) is 44.9 Å². The summed E-state index contributed by atoms with van der Waals surface area (Å²) in [6.45, 7) is 12.2. The first-order chi connectivity index (χ1) is 9.62. The molecule has 0 aliphatic rings. The Bertz CT molecular complexity index is 373. The lowest BCUT2D eigenvalue weighted by Gasteiger charge is -2.23. The van der Waals surface area contributed by atoms with Crippen LogP contribution >= 0.6 is 11.3 Å². The van der Waals surface area contributed by atoms with Crippen LogP contribution in [0.2, 0.25) is 0 Å². The minimum Gasteiger partial charge on any atom is -0.309 e. The van der Waals surface area contributed by atoms with Gasteiger partial charge in [-0.2, -0.15) is 0 Å². The predicted molar refractivity (Wildman–Crippen MR) is 90.5 cm³/mol. The molecule has 1 rings (SSSR count). The molecule has 0 saturated carbocycles. The number of aryl methyl sites for hydroxylation is 2. The van der Waals surface area contributed by atoms with Crippen molar-refractivity contribution in [3.05, 3.63) is 15.6 Å². The zero-order valence-corrected chi connectivity index (χ0v) is 14.8. The quantitative estimate of drug-likeness (QED) is 0.624. The van der Waals surface area contributed by atoms with Gasteiger partial charge in [-0.25, -0.2) is 4.98 Å². The van der Waals surface area contributed by atoms with Crippen molar-refractivity contribution < 1.29 is 0 Å². The molecule has 0 aromatic carbocycles. The first-order valence-corrected chi connectivity index (χ1v) is 9.11. The molecule has 0 aliphatic carbocycles. The van der Waals surface area contributed by atoms with Gasteiger partial charge >= 0.3 is 0 Å². The molecular weight excluding hydrogens is 264 g/mol. The second-order valence-corrected chi connectivity index (χ2v) is 7.08. The SMILES string of the molecule is CCCCC(CC)CC(NCCC)c1sc(C)nc1C. The molecule has 2 atom stereocenters. The van der Waals surface area contributed by atoms with Gasteiger partial charge in [-0.3, -0.25) is 0 Å². The summed E-state index contributed by atoms with van der Waals surface area (Å²) >= 11 is 1.88. The van der Waals surface area contributed by atoms with Crippen LogP contribution in [0.5, 0.6) is 0 Å². The molecule has 0 amide bonds. The van der Waals surface area contributed by atoms with Gasteiger partial charge in [0.25, 0.3) is 0 Å². The van der Waals surface area contributed by atoms with Gasteiger partial charge in [0.15, 0.2) is 0 Å². The van der Waals surface area contributed by atoms with Crippen LogP contribution in [0.1, 0.15) is 80.9 Å². The van der Waals surface area contributed by atoms with Gasteiger partial charge in [0.05, 0.1) is 10.7 Å². The standard InChI is InChI=1S/C17H32N2S/c1-6-9-10-15(8-3)12-16(18-11-7-2)17-13(4)19-14(5)20-17/h15-16,18H,6-12H2,1-5H3. The van der Waals surface area contributed by atoms with E-state index in [4.69, 9.17) is 0 Å². The van der Waals surface area contributed by atoms with Crippen LogP contribution in [-0.4, -0.2) is 11.5 Å². The summed E-state index contributed by atoms with van der Waals surface area (Å²) < 4.78 is 0. The average Bonchev–Trinajstić information content (AvgIpc) is 2.77. The lowest BCUT2D eigenvalue weighted by atomic mass is 9.91. The van der Waals surface area contributed by atoms with Gasteiger partial charge in [0.2, 0.25) is 0 Å². The number of unbranched alkanes of at least 4 members (excludes halogenated alkanes) is 1. The molecule has 1 aromatic heterocycles. The van der Waals surface area contributed by atoms with Crippen LogP contribution in [0, 0.1) is 19.8 Å². The third kappa shape index (κ3) is 5.53. The third-order valence-electron chi connectivity index (χ3n) is 4.01. The predicted octanol–water partition coefficient (Wildman–Crippen LogP) is 5.41. The van der Waals surface area contributed by atoms with E-state index in [1.165, 1.54) is 54.1 Å². The van der Waals surface area contributed by atoms with E-state index in [0.717, 1.165) is 12.5 Å². The Hall–Kier alpha value is -0.410. The summed E-state index contributed by atoms with van der Waals surface area (Å²) in [5.74, 6) is 0.839. The summed E-state index contributed by atoms with van der Waals surface area (Å²) in [6.07, 6.45) is 7.79. The molecule has 20 heavy (non-hydrogen) atoms. The number of nitrogens with zero attached hydrogens (tertiary/aromatic N) is 1. The number of rotatable bonds is 10. The molecule has 1 aromatic rings. The monoisotopic (exact) mass is 296 g/mol. The summed E-state index contributed by atoms with van der Waals surface area (Å²) in [4.78, 5) is 6.08. The highest BCUT2D eigenvalue weighted by Crippen LogP contribution is 2.32. The van der Waals surface area contributed by atoms with Crippen molar-refractivity contribution in [2.45, 2.75) is 79.2 Å². The normalized spacial score (nSPS) is 14.4. The molecule has 2 nitrogen and oxygen atoms in total. The second kappa shape index (κ2) is 9.51. The summed E-state index contributed by atoms with van der Waals surface area (Å²) in [5.41, 5.74) is 1.23. The molecule has 0 saturated heterocycles. The Kier molecular flexibility index (Phi) is 8.39. The van der Waals surface area contributed by atoms with Crippen molar-refractivity contribution in [3.63, 3.8) is 0 Å². The number of aromatic nitrogens is 1. The maximum atomic E-state index is 4.61. The number of hydrogen-bond donors (Lipinski definition) is 1. The summed E-state index contributed by atoms with van der Waals surface area (Å²) in [6, 6.07) is 0.503. The summed E-state index contributed by atoms with van der Waals surface area (Å²) in [7, 11) is 0. The first-order valence-electron chi connectivity index (χ1n) is 8.29. The molecule has 3 heteroatoms. The van der Waals surface area contributed by atoms with Crippen LogP contribution in [0.15, 0.2) is 0 Å². The lowest BCUT2D eigenvalue weighted by Crippen LogP contribution is -2.24. The lowest BCUT2D eigenvalue weighted by molar-refractivity contribution is 0.355. The van der Waals surface area contributed by atoms with Crippen LogP contribution in [0.25, 0.3) is 0 Å². The molecule has 1 heterocycles. The van der Waals surface area contributed by atoms with E-state index in [1.807, 2.05) is 11.3 Å². The van der Waals surface area contributed by atoms with Crippen LogP contribution in [-0.2, 0) is 0 Å². The van der Waals surface area contributed by atoms with Crippen molar-refractivity contribution in [3.8, 4) is 0 Å². The number of nitrogens with one attached hydrogen (secondary N) is 1. The highest BCUT2D eigenvalue weighted by atomic mass is 32.1. The zero-order valence-electron chi connectivity index (χ0n) is 14.0. The molecule has 0 radical (unpaired) electrons. The van der Waals surface area contributed by atoms with Gasteiger partial charge in [-0.1, -0.05) is 46.5 Å². The molecule has 0 aliphatic heterocycles.